The summed E-state index contributed by atoms with van der Waals surface area (Å²) in [4.78, 5) is 0. The average molecular weight is 332 g/mol. The quantitative estimate of drug-likeness (QED) is 0.593. The van der Waals surface area contributed by atoms with Gasteiger partial charge in [-0.1, -0.05) is 0 Å². The van der Waals surface area contributed by atoms with Gasteiger partial charge < -0.3 is 20.4 Å². The summed E-state index contributed by atoms with van der Waals surface area (Å²) in [6.07, 6.45) is 3.66. The number of aliphatic hydroxyl groups is 4. The number of hydrogen-bond donors (Lipinski definition) is 4. The smallest absolute Gasteiger partial charge is 0.0574 e. The summed E-state index contributed by atoms with van der Waals surface area (Å²) in [5.74, 6) is 4.98. The summed E-state index contributed by atoms with van der Waals surface area (Å²) in [6, 6.07) is 0. The van der Waals surface area contributed by atoms with Crippen LogP contribution in [-0.2, 0) is 0 Å². The molecule has 8 rings (SSSR count). The zero-order valence-electron chi connectivity index (χ0n) is 14.0. The van der Waals surface area contributed by atoms with Crippen LogP contribution in [0.25, 0.3) is 0 Å². The van der Waals surface area contributed by atoms with Crippen LogP contribution < -0.4 is 0 Å². The molecule has 8 fully saturated rings. The molecule has 132 valence electrons. The lowest BCUT2D eigenvalue weighted by Crippen LogP contribution is -2.62. The topological polar surface area (TPSA) is 80.9 Å². The molecule has 0 saturated heterocycles. The van der Waals surface area contributed by atoms with Crippen molar-refractivity contribution in [3.8, 4) is 0 Å². The van der Waals surface area contributed by atoms with Crippen molar-refractivity contribution in [3.05, 3.63) is 0 Å². The number of hydrogen-bond acceptors (Lipinski definition) is 4. The molecular formula is C20H28O4. The van der Waals surface area contributed by atoms with E-state index >= 15 is 0 Å². The Morgan fingerprint density at radius 3 is 1.38 bits per heavy atom. The maximum atomic E-state index is 10.7. The van der Waals surface area contributed by atoms with Gasteiger partial charge in [0.15, 0.2) is 0 Å². The van der Waals surface area contributed by atoms with Crippen molar-refractivity contribution in [2.45, 2.75) is 37.9 Å². The number of rotatable bonds is 2. The SMILES string of the molecule is OC[C@]12[C@@H]3[C@H]4[C@@H]5[C@@H]([C@H]6[C@@H](CC[C@@H]6O)[C@H]51)[C@@]2(CO)[C@H]4[C@@H]1CC[C@H](O)[C@@H]13. The highest BCUT2D eigenvalue weighted by molar-refractivity contribution is 5.42. The van der Waals surface area contributed by atoms with E-state index in [2.05, 4.69) is 0 Å². The summed E-state index contributed by atoms with van der Waals surface area (Å²) in [6.45, 7) is 0.385. The van der Waals surface area contributed by atoms with E-state index in [-0.39, 0.29) is 36.3 Å². The molecule has 0 aliphatic heterocycles. The Hall–Kier alpha value is -0.160. The molecule has 0 aromatic carbocycles. The minimum absolute atomic E-state index is 0.149. The molecule has 0 spiro atoms. The monoisotopic (exact) mass is 332 g/mol. The van der Waals surface area contributed by atoms with Gasteiger partial charge in [-0.15, -0.1) is 0 Å². The molecule has 8 saturated carbocycles. The summed E-state index contributed by atoms with van der Waals surface area (Å²) in [5, 5.41) is 42.8. The lowest BCUT2D eigenvalue weighted by molar-refractivity contribution is -0.196. The molecule has 0 unspecified atom stereocenters. The van der Waals surface area contributed by atoms with E-state index in [9.17, 15) is 20.4 Å². The van der Waals surface area contributed by atoms with E-state index in [0.29, 0.717) is 59.2 Å². The van der Waals surface area contributed by atoms with Crippen molar-refractivity contribution < 1.29 is 20.4 Å². The number of aliphatic hydroxyl groups excluding tert-OH is 4. The van der Waals surface area contributed by atoms with E-state index < -0.39 is 0 Å². The van der Waals surface area contributed by atoms with Crippen LogP contribution in [0.15, 0.2) is 0 Å². The van der Waals surface area contributed by atoms with Gasteiger partial charge in [0.1, 0.15) is 0 Å². The molecule has 0 heterocycles. The van der Waals surface area contributed by atoms with Gasteiger partial charge in [-0.25, -0.2) is 0 Å². The fourth-order valence-electron chi connectivity index (χ4n) is 11.6. The average Bonchev–Trinajstić information content (AvgIpc) is 3.36. The molecule has 4 nitrogen and oxygen atoms in total. The van der Waals surface area contributed by atoms with Crippen LogP contribution in [-0.4, -0.2) is 45.8 Å². The first-order chi connectivity index (χ1) is 11.6. The molecule has 8 aliphatic carbocycles. The van der Waals surface area contributed by atoms with Crippen molar-refractivity contribution in [3.63, 3.8) is 0 Å². The second kappa shape index (κ2) is 3.76. The summed E-state index contributed by atoms with van der Waals surface area (Å²) < 4.78 is 0. The Balaban J connectivity index is 1.48. The maximum absolute atomic E-state index is 10.7. The van der Waals surface area contributed by atoms with Gasteiger partial charge >= 0.3 is 0 Å². The van der Waals surface area contributed by atoms with E-state index in [4.69, 9.17) is 0 Å². The molecule has 14 atom stereocenters. The Morgan fingerprint density at radius 1 is 0.583 bits per heavy atom. The van der Waals surface area contributed by atoms with Crippen LogP contribution >= 0.6 is 0 Å². The third kappa shape index (κ3) is 0.933. The zero-order chi connectivity index (χ0) is 16.2. The lowest BCUT2D eigenvalue weighted by atomic mass is 9.44. The maximum Gasteiger partial charge on any atom is 0.0574 e. The molecule has 4 heteroatoms. The lowest BCUT2D eigenvalue weighted by Gasteiger charge is -2.60. The highest BCUT2D eigenvalue weighted by Gasteiger charge is 2.96. The van der Waals surface area contributed by atoms with Gasteiger partial charge in [0.25, 0.3) is 0 Å². The predicted octanol–water partition coefficient (Wildman–Crippen LogP) is 0.483. The second-order valence-electron chi connectivity index (χ2n) is 10.4. The van der Waals surface area contributed by atoms with Gasteiger partial charge in [-0.2, -0.15) is 0 Å². The van der Waals surface area contributed by atoms with Crippen LogP contribution in [0.4, 0.5) is 0 Å². The van der Waals surface area contributed by atoms with Crippen molar-refractivity contribution in [2.24, 2.45) is 70.0 Å². The van der Waals surface area contributed by atoms with Crippen molar-refractivity contribution in [2.75, 3.05) is 13.2 Å². The first kappa shape index (κ1) is 14.0. The Labute approximate surface area is 142 Å². The van der Waals surface area contributed by atoms with Crippen molar-refractivity contribution in [1.82, 2.24) is 0 Å². The molecule has 0 radical (unpaired) electrons. The molecule has 0 aromatic heterocycles. The summed E-state index contributed by atoms with van der Waals surface area (Å²) in [5.41, 5.74) is -0.297. The highest BCUT2D eigenvalue weighted by atomic mass is 16.3. The van der Waals surface area contributed by atoms with E-state index in [0.717, 1.165) is 25.7 Å². The second-order valence-corrected chi connectivity index (χ2v) is 10.4. The van der Waals surface area contributed by atoms with E-state index in [1.54, 1.807) is 0 Å². The van der Waals surface area contributed by atoms with Gasteiger partial charge in [-0.3, -0.25) is 0 Å². The van der Waals surface area contributed by atoms with Crippen molar-refractivity contribution in [1.29, 1.82) is 0 Å². The van der Waals surface area contributed by atoms with Crippen LogP contribution in [0.2, 0.25) is 0 Å². The van der Waals surface area contributed by atoms with Gasteiger partial charge in [-0.05, 0) is 84.9 Å². The fourth-order valence-corrected chi connectivity index (χ4v) is 11.6. The van der Waals surface area contributed by atoms with Crippen molar-refractivity contribution >= 4 is 0 Å². The fraction of sp³-hybridized carbons (Fsp3) is 1.00. The molecule has 0 amide bonds. The third-order valence-electron chi connectivity index (χ3n) is 11.1. The number of fused-ring (bicyclic) bond motifs is 2. The van der Waals surface area contributed by atoms with Crippen LogP contribution in [0.1, 0.15) is 25.7 Å². The molecule has 4 N–H and O–H groups in total. The molecular weight excluding hydrogens is 304 g/mol. The Morgan fingerprint density at radius 2 is 1.00 bits per heavy atom. The Kier molecular flexibility index (Phi) is 2.19. The van der Waals surface area contributed by atoms with E-state index in [1.165, 1.54) is 0 Å². The zero-order valence-corrected chi connectivity index (χ0v) is 14.0. The van der Waals surface area contributed by atoms with Crippen LogP contribution in [0.5, 0.6) is 0 Å². The highest BCUT2D eigenvalue weighted by Crippen LogP contribution is 2.96. The standard InChI is InChI=1S/C20H28O4/c21-5-19-15-7-1-3-9(23)11(7)17-13(15)14-16(20(17,19)6-22)8-2-4-10(24)12(8)18(14)19/h7-18,21-24H,1-6H2/t7-,8-,9+,10+,11-,12+,13+,14+,15+,16-,17+,18-,19-,20-/m1/s1. The predicted molar refractivity (Wildman–Crippen MR) is 84.4 cm³/mol. The van der Waals surface area contributed by atoms with Gasteiger partial charge in [0, 0.05) is 24.0 Å². The largest absolute Gasteiger partial charge is 0.396 e. The molecule has 8 bridgehead atoms. The van der Waals surface area contributed by atoms with Crippen LogP contribution in [0.3, 0.4) is 0 Å². The Bertz CT molecular complexity index is 583. The van der Waals surface area contributed by atoms with Gasteiger partial charge in [0.05, 0.1) is 12.2 Å². The summed E-state index contributed by atoms with van der Waals surface area (Å²) in [7, 11) is 0. The minimum atomic E-state index is -0.185. The third-order valence-corrected chi connectivity index (χ3v) is 11.1. The minimum Gasteiger partial charge on any atom is -0.396 e. The normalized spacial score (nSPS) is 75.5. The molecule has 24 heavy (non-hydrogen) atoms. The molecule has 0 aromatic rings. The van der Waals surface area contributed by atoms with Gasteiger partial charge in [0.2, 0.25) is 0 Å². The summed E-state index contributed by atoms with van der Waals surface area (Å²) >= 11 is 0. The van der Waals surface area contributed by atoms with Crippen LogP contribution in [0, 0.1) is 70.0 Å². The first-order valence-corrected chi connectivity index (χ1v) is 10.2. The van der Waals surface area contributed by atoms with E-state index in [1.807, 2.05) is 0 Å². The first-order valence-electron chi connectivity index (χ1n) is 10.2. The molecule has 8 aliphatic rings.